The fourth-order valence-electron chi connectivity index (χ4n) is 4.15. The van der Waals surface area contributed by atoms with Crippen LogP contribution in [0.15, 0.2) is 30.6 Å². The molecular weight excluding hydrogens is 413 g/mol. The molecule has 1 aromatic heterocycles. The smallest absolute Gasteiger partial charge is 0.217 e. The van der Waals surface area contributed by atoms with Crippen molar-refractivity contribution in [3.8, 4) is 5.75 Å². The highest BCUT2D eigenvalue weighted by atomic mass is 19.1. The number of hydrogen-bond donors (Lipinski definition) is 3. The Morgan fingerprint density at radius 2 is 2.09 bits per heavy atom. The van der Waals surface area contributed by atoms with Gasteiger partial charge in [-0.1, -0.05) is 12.1 Å². The van der Waals surface area contributed by atoms with Crippen LogP contribution in [-0.4, -0.2) is 52.3 Å². The highest BCUT2D eigenvalue weighted by molar-refractivity contribution is 5.73. The van der Waals surface area contributed by atoms with Gasteiger partial charge in [-0.25, -0.2) is 9.97 Å². The van der Waals surface area contributed by atoms with Crippen LogP contribution in [0.1, 0.15) is 51.1 Å². The maximum absolute atomic E-state index is 15.0. The minimum atomic E-state index is -0.764. The number of nitrogens with zero attached hydrogens (tertiary/aromatic N) is 3. The number of carbonyl (C=O) groups is 1. The van der Waals surface area contributed by atoms with Crippen LogP contribution >= 0.6 is 0 Å². The largest absolute Gasteiger partial charge is 0.489 e. The molecule has 8 nitrogen and oxygen atoms in total. The number of nitrogens with one attached hydrogen (secondary N) is 2. The van der Waals surface area contributed by atoms with Gasteiger partial charge in [0.25, 0.3) is 0 Å². The number of halogens is 1. The summed E-state index contributed by atoms with van der Waals surface area (Å²) in [7, 11) is 0. The molecule has 1 aliphatic carbocycles. The van der Waals surface area contributed by atoms with Crippen LogP contribution in [-0.2, 0) is 4.79 Å². The molecule has 1 saturated carbocycles. The average molecular weight is 444 g/mol. The molecule has 0 spiro atoms. The first-order chi connectivity index (χ1) is 15.3. The predicted molar refractivity (Wildman–Crippen MR) is 119 cm³/mol. The van der Waals surface area contributed by atoms with E-state index in [1.54, 1.807) is 0 Å². The molecule has 3 N–H and O–H groups in total. The van der Waals surface area contributed by atoms with Gasteiger partial charge >= 0.3 is 0 Å². The molecular formula is C23H30FN5O3. The molecule has 1 amide bonds. The van der Waals surface area contributed by atoms with Crippen molar-refractivity contribution in [3.05, 3.63) is 42.0 Å². The van der Waals surface area contributed by atoms with Gasteiger partial charge in [0.2, 0.25) is 11.7 Å². The Balaban J connectivity index is 1.34. The molecule has 0 unspecified atom stereocenters. The lowest BCUT2D eigenvalue weighted by Crippen LogP contribution is -2.43. The Hall–Kier alpha value is -2.94. The summed E-state index contributed by atoms with van der Waals surface area (Å²) in [5, 5.41) is 16.0. The minimum Gasteiger partial charge on any atom is -0.489 e. The molecule has 2 aliphatic rings. The highest BCUT2D eigenvalue weighted by Crippen LogP contribution is 2.32. The van der Waals surface area contributed by atoms with Gasteiger partial charge in [0, 0.05) is 26.4 Å². The van der Waals surface area contributed by atoms with Crippen LogP contribution in [0, 0.1) is 5.82 Å². The molecule has 0 radical (unpaired) electrons. The van der Waals surface area contributed by atoms with Crippen LogP contribution in [0.4, 0.5) is 16.0 Å². The van der Waals surface area contributed by atoms with Crippen LogP contribution in [0.2, 0.25) is 0 Å². The van der Waals surface area contributed by atoms with E-state index in [-0.39, 0.29) is 36.2 Å². The van der Waals surface area contributed by atoms with Gasteiger partial charge in [0.05, 0.1) is 18.2 Å². The second-order valence-corrected chi connectivity index (χ2v) is 8.76. The van der Waals surface area contributed by atoms with E-state index in [2.05, 4.69) is 20.6 Å². The number of carbonyl (C=O) groups excluding carboxylic acids is 1. The maximum atomic E-state index is 15.0. The van der Waals surface area contributed by atoms with E-state index in [4.69, 9.17) is 4.74 Å². The molecule has 2 heterocycles. The van der Waals surface area contributed by atoms with Crippen molar-refractivity contribution >= 4 is 17.5 Å². The third-order valence-corrected chi connectivity index (χ3v) is 6.19. The number of aromatic nitrogens is 2. The van der Waals surface area contributed by atoms with Crippen molar-refractivity contribution in [1.82, 2.24) is 15.3 Å². The van der Waals surface area contributed by atoms with E-state index in [0.29, 0.717) is 13.1 Å². The summed E-state index contributed by atoms with van der Waals surface area (Å²) < 4.78 is 21.1. The Kier molecular flexibility index (Phi) is 6.45. The van der Waals surface area contributed by atoms with Crippen molar-refractivity contribution in [3.63, 3.8) is 0 Å². The van der Waals surface area contributed by atoms with Crippen molar-refractivity contribution in [2.45, 2.75) is 57.3 Å². The first kappa shape index (κ1) is 22.3. The molecule has 9 heteroatoms. The Morgan fingerprint density at radius 1 is 1.34 bits per heavy atom. The quantitative estimate of drug-likeness (QED) is 0.577. The van der Waals surface area contributed by atoms with Gasteiger partial charge < -0.3 is 25.4 Å². The lowest BCUT2D eigenvalue weighted by molar-refractivity contribution is -0.119. The SMILES string of the molecule is CC(=O)N[C@@H](C)c1ccc(O[C@@H]2CCN(c3ncnc(NCC4(O)CCC4)c3F)C2)cc1. The van der Waals surface area contributed by atoms with E-state index in [1.165, 1.54) is 13.3 Å². The first-order valence-electron chi connectivity index (χ1n) is 11.1. The lowest BCUT2D eigenvalue weighted by atomic mass is 9.80. The number of anilines is 2. The minimum absolute atomic E-state index is 0.0712. The first-order valence-corrected chi connectivity index (χ1v) is 11.1. The van der Waals surface area contributed by atoms with Crippen LogP contribution in [0.5, 0.6) is 5.75 Å². The summed E-state index contributed by atoms with van der Waals surface area (Å²) in [5.74, 6) is 0.512. The number of ether oxygens (including phenoxy) is 1. The second kappa shape index (κ2) is 9.28. The zero-order valence-electron chi connectivity index (χ0n) is 18.5. The number of benzene rings is 1. The normalized spacial score (nSPS) is 20.4. The Labute approximate surface area is 187 Å². The molecule has 1 aromatic carbocycles. The third kappa shape index (κ3) is 5.09. The van der Waals surface area contributed by atoms with Crippen LogP contribution in [0.25, 0.3) is 0 Å². The standard InChI is InChI=1S/C23H30FN5O3/c1-15(28-16(2)30)17-4-6-18(7-5-17)32-19-8-11-29(12-19)22-20(24)21(26-14-27-22)25-13-23(31)9-3-10-23/h4-7,14-15,19,31H,3,8-13H2,1-2H3,(H,28,30)(H,25,26,27)/t15-,19+/m0/s1. The summed E-state index contributed by atoms with van der Waals surface area (Å²) in [4.78, 5) is 21.2. The van der Waals surface area contributed by atoms with Crippen LogP contribution < -0.4 is 20.3 Å². The third-order valence-electron chi connectivity index (χ3n) is 6.19. The number of hydrogen-bond acceptors (Lipinski definition) is 7. The van der Waals surface area contributed by atoms with E-state index >= 15 is 4.39 Å². The molecule has 172 valence electrons. The maximum Gasteiger partial charge on any atom is 0.217 e. The van der Waals surface area contributed by atoms with E-state index in [9.17, 15) is 9.90 Å². The predicted octanol–water partition coefficient (Wildman–Crippen LogP) is 2.80. The second-order valence-electron chi connectivity index (χ2n) is 8.76. The van der Waals surface area contributed by atoms with Gasteiger partial charge in [-0.05, 0) is 43.9 Å². The Morgan fingerprint density at radius 3 is 2.75 bits per heavy atom. The summed E-state index contributed by atoms with van der Waals surface area (Å²) in [6, 6.07) is 7.56. The van der Waals surface area contributed by atoms with Crippen molar-refractivity contribution in [2.24, 2.45) is 0 Å². The monoisotopic (exact) mass is 443 g/mol. The fraction of sp³-hybridized carbons (Fsp3) is 0.522. The van der Waals surface area contributed by atoms with Gasteiger partial charge in [0.15, 0.2) is 11.6 Å². The number of amides is 1. The van der Waals surface area contributed by atoms with Gasteiger partial charge in [0.1, 0.15) is 18.2 Å². The zero-order chi connectivity index (χ0) is 22.7. The molecule has 32 heavy (non-hydrogen) atoms. The highest BCUT2D eigenvalue weighted by Gasteiger charge is 2.35. The van der Waals surface area contributed by atoms with Crippen molar-refractivity contribution < 1.29 is 19.0 Å². The topological polar surface area (TPSA) is 99.6 Å². The zero-order valence-corrected chi connectivity index (χ0v) is 18.5. The molecule has 0 bridgehead atoms. The van der Waals surface area contributed by atoms with Gasteiger partial charge in [-0.3, -0.25) is 4.79 Å². The molecule has 1 saturated heterocycles. The molecule has 4 rings (SSSR count). The molecule has 2 atom stereocenters. The average Bonchev–Trinajstić information content (AvgIpc) is 3.20. The summed E-state index contributed by atoms with van der Waals surface area (Å²) >= 11 is 0. The number of rotatable bonds is 8. The lowest BCUT2D eigenvalue weighted by Gasteiger charge is -2.36. The molecule has 1 aliphatic heterocycles. The van der Waals surface area contributed by atoms with E-state index < -0.39 is 11.4 Å². The summed E-state index contributed by atoms with van der Waals surface area (Å²) in [5.41, 5.74) is 0.231. The fourth-order valence-corrected chi connectivity index (χ4v) is 4.15. The number of aliphatic hydroxyl groups is 1. The summed E-state index contributed by atoms with van der Waals surface area (Å²) in [6.45, 7) is 4.85. The summed E-state index contributed by atoms with van der Waals surface area (Å²) in [6.07, 6.45) is 4.43. The Bertz CT molecular complexity index is 951. The van der Waals surface area contributed by atoms with Crippen LogP contribution in [0.3, 0.4) is 0 Å². The molecule has 2 fully saturated rings. The van der Waals surface area contributed by atoms with Crippen molar-refractivity contribution in [2.75, 3.05) is 29.9 Å². The molecule has 2 aromatic rings. The van der Waals surface area contributed by atoms with E-state index in [1.807, 2.05) is 36.1 Å². The van der Waals surface area contributed by atoms with Gasteiger partial charge in [-0.2, -0.15) is 4.39 Å². The van der Waals surface area contributed by atoms with E-state index in [0.717, 1.165) is 37.0 Å². The van der Waals surface area contributed by atoms with Crippen molar-refractivity contribution in [1.29, 1.82) is 0 Å². The van der Waals surface area contributed by atoms with Gasteiger partial charge in [-0.15, -0.1) is 0 Å².